The quantitative estimate of drug-likeness (QED) is 0.361. The van der Waals surface area contributed by atoms with Gasteiger partial charge >= 0.3 is 11.7 Å². The summed E-state index contributed by atoms with van der Waals surface area (Å²) in [4.78, 5) is 50.4. The Bertz CT molecular complexity index is 1420. The van der Waals surface area contributed by atoms with E-state index in [9.17, 15) is 23.6 Å². The Labute approximate surface area is 223 Å². The Morgan fingerprint density at radius 2 is 1.79 bits per heavy atom. The normalized spacial score (nSPS) is 18.6. The molecule has 2 aromatic carbocycles. The van der Waals surface area contributed by atoms with Crippen LogP contribution in [0.4, 0.5) is 4.39 Å². The Morgan fingerprint density at radius 1 is 1.08 bits per heavy atom. The molecule has 0 spiro atoms. The van der Waals surface area contributed by atoms with Crippen molar-refractivity contribution in [2.24, 2.45) is 0 Å². The van der Waals surface area contributed by atoms with Gasteiger partial charge in [-0.25, -0.2) is 4.79 Å². The molecule has 1 aliphatic rings. The SMILES string of the molecule is CCCOc1ccc(C(=O)n2c(=O)c(F)cn([C@H]3C[C@H](OCc4ccccc4)[C@@H](COC(C)=O)O3)c2=O)cc1. The van der Waals surface area contributed by atoms with Crippen LogP contribution < -0.4 is 16.0 Å². The summed E-state index contributed by atoms with van der Waals surface area (Å²) in [5.74, 6) is -2.32. The van der Waals surface area contributed by atoms with Crippen LogP contribution in [0.3, 0.4) is 0 Å². The number of carbonyl (C=O) groups is 2. The maximum Gasteiger partial charge on any atom is 0.340 e. The second kappa shape index (κ2) is 12.6. The fourth-order valence-corrected chi connectivity index (χ4v) is 4.14. The summed E-state index contributed by atoms with van der Waals surface area (Å²) < 4.78 is 38.3. The van der Waals surface area contributed by atoms with E-state index in [1.807, 2.05) is 37.3 Å². The first-order chi connectivity index (χ1) is 18.8. The van der Waals surface area contributed by atoms with Crippen LogP contribution in [0.25, 0.3) is 0 Å². The molecule has 3 aromatic rings. The van der Waals surface area contributed by atoms with Crippen LogP contribution in [-0.4, -0.2) is 46.4 Å². The predicted octanol–water partition coefficient (Wildman–Crippen LogP) is 3.06. The van der Waals surface area contributed by atoms with Gasteiger partial charge in [-0.3, -0.25) is 19.0 Å². The van der Waals surface area contributed by atoms with Crippen molar-refractivity contribution in [3.63, 3.8) is 0 Å². The van der Waals surface area contributed by atoms with Gasteiger partial charge in [-0.15, -0.1) is 0 Å². The van der Waals surface area contributed by atoms with Crippen molar-refractivity contribution in [2.45, 2.75) is 51.7 Å². The summed E-state index contributed by atoms with van der Waals surface area (Å²) in [6, 6.07) is 15.2. The fourth-order valence-electron chi connectivity index (χ4n) is 4.14. The minimum absolute atomic E-state index is 0.000607. The maximum absolute atomic E-state index is 14.7. The molecule has 4 rings (SSSR count). The highest BCUT2D eigenvalue weighted by Crippen LogP contribution is 2.31. The highest BCUT2D eigenvalue weighted by Gasteiger charge is 2.39. The lowest BCUT2D eigenvalue weighted by Crippen LogP contribution is -2.46. The first kappa shape index (κ1) is 27.9. The standard InChI is InChI=1S/C28H29FN2O8/c1-3-13-36-21-11-9-20(10-12-21)26(33)31-27(34)22(29)15-30(28(31)35)25-14-23(24(39-25)17-37-18(2)32)38-16-19-7-5-4-6-8-19/h4-12,15,23-25H,3,13-14,16-17H2,1-2H3/t23-,24+,25+/m0/s1. The predicted molar refractivity (Wildman–Crippen MR) is 137 cm³/mol. The lowest BCUT2D eigenvalue weighted by Gasteiger charge is -2.18. The van der Waals surface area contributed by atoms with Crippen LogP contribution in [0, 0.1) is 5.82 Å². The number of ether oxygens (including phenoxy) is 4. The van der Waals surface area contributed by atoms with E-state index in [-0.39, 0.29) is 29.8 Å². The Hall–Kier alpha value is -4.09. The van der Waals surface area contributed by atoms with Gasteiger partial charge in [0.1, 0.15) is 24.7 Å². The van der Waals surface area contributed by atoms with Crippen molar-refractivity contribution in [3.05, 3.63) is 98.6 Å². The molecule has 11 heteroatoms. The molecule has 3 atom stereocenters. The Kier molecular flexibility index (Phi) is 9.05. The smallest absolute Gasteiger partial charge is 0.340 e. The third kappa shape index (κ3) is 6.68. The summed E-state index contributed by atoms with van der Waals surface area (Å²) in [5.41, 5.74) is -1.56. The molecule has 1 saturated heterocycles. The molecule has 39 heavy (non-hydrogen) atoms. The summed E-state index contributed by atoms with van der Waals surface area (Å²) in [5, 5.41) is 0. The molecule has 0 unspecified atom stereocenters. The zero-order chi connectivity index (χ0) is 27.9. The molecule has 1 aliphatic heterocycles. The topological polar surface area (TPSA) is 115 Å². The maximum atomic E-state index is 14.7. The van der Waals surface area contributed by atoms with Crippen molar-refractivity contribution >= 4 is 11.9 Å². The molecule has 1 fully saturated rings. The minimum Gasteiger partial charge on any atom is -0.494 e. The number of rotatable bonds is 10. The Balaban J connectivity index is 1.60. The van der Waals surface area contributed by atoms with E-state index >= 15 is 0 Å². The molecule has 2 heterocycles. The number of aromatic nitrogens is 2. The molecule has 1 aromatic heterocycles. The van der Waals surface area contributed by atoms with E-state index < -0.39 is 47.4 Å². The van der Waals surface area contributed by atoms with Crippen LogP contribution in [-0.2, 0) is 25.6 Å². The van der Waals surface area contributed by atoms with Crippen LogP contribution in [0.2, 0.25) is 0 Å². The van der Waals surface area contributed by atoms with Crippen LogP contribution in [0.1, 0.15) is 48.8 Å². The highest BCUT2D eigenvalue weighted by atomic mass is 19.1. The Morgan fingerprint density at radius 3 is 2.46 bits per heavy atom. The van der Waals surface area contributed by atoms with Gasteiger partial charge in [0.25, 0.3) is 11.5 Å². The minimum atomic E-state index is -1.38. The first-order valence-electron chi connectivity index (χ1n) is 12.5. The van der Waals surface area contributed by atoms with E-state index in [4.69, 9.17) is 18.9 Å². The van der Waals surface area contributed by atoms with Crippen molar-refractivity contribution in [2.75, 3.05) is 13.2 Å². The highest BCUT2D eigenvalue weighted by molar-refractivity contribution is 5.95. The number of carbonyl (C=O) groups excluding carboxylic acids is 2. The van der Waals surface area contributed by atoms with Crippen LogP contribution >= 0.6 is 0 Å². The van der Waals surface area contributed by atoms with Crippen molar-refractivity contribution < 1.29 is 32.9 Å². The summed E-state index contributed by atoms with van der Waals surface area (Å²) in [6.07, 6.45) is -0.905. The number of esters is 1. The molecule has 0 radical (unpaired) electrons. The molecule has 0 saturated carbocycles. The van der Waals surface area contributed by atoms with E-state index in [2.05, 4.69) is 0 Å². The lowest BCUT2D eigenvalue weighted by molar-refractivity contribution is -0.148. The van der Waals surface area contributed by atoms with Crippen molar-refractivity contribution in [1.82, 2.24) is 9.13 Å². The average Bonchev–Trinajstić information content (AvgIpc) is 3.35. The second-order valence-electron chi connectivity index (χ2n) is 8.99. The van der Waals surface area contributed by atoms with Crippen molar-refractivity contribution in [3.8, 4) is 5.75 Å². The van der Waals surface area contributed by atoms with Gasteiger partial charge in [0.2, 0.25) is 5.82 Å². The molecule has 10 nitrogen and oxygen atoms in total. The third-order valence-electron chi connectivity index (χ3n) is 6.10. The van der Waals surface area contributed by atoms with E-state index in [1.54, 1.807) is 0 Å². The lowest BCUT2D eigenvalue weighted by atomic mass is 10.1. The zero-order valence-corrected chi connectivity index (χ0v) is 21.6. The fraction of sp³-hybridized carbons (Fsp3) is 0.357. The molecule has 0 bridgehead atoms. The van der Waals surface area contributed by atoms with Gasteiger partial charge in [0, 0.05) is 18.9 Å². The van der Waals surface area contributed by atoms with Crippen LogP contribution in [0.5, 0.6) is 5.75 Å². The number of benzene rings is 2. The van der Waals surface area contributed by atoms with Gasteiger partial charge in [0.05, 0.1) is 25.5 Å². The molecular formula is C28H29FN2O8. The first-order valence-corrected chi connectivity index (χ1v) is 12.5. The summed E-state index contributed by atoms with van der Waals surface area (Å²) in [7, 11) is 0. The van der Waals surface area contributed by atoms with E-state index in [1.165, 1.54) is 31.2 Å². The third-order valence-corrected chi connectivity index (χ3v) is 6.10. The number of halogens is 1. The second-order valence-corrected chi connectivity index (χ2v) is 8.99. The molecule has 206 valence electrons. The van der Waals surface area contributed by atoms with Crippen molar-refractivity contribution in [1.29, 1.82) is 0 Å². The average molecular weight is 541 g/mol. The van der Waals surface area contributed by atoms with E-state index in [0.29, 0.717) is 18.6 Å². The zero-order valence-electron chi connectivity index (χ0n) is 21.6. The largest absolute Gasteiger partial charge is 0.494 e. The van der Waals surface area contributed by atoms with E-state index in [0.717, 1.165) is 16.6 Å². The van der Waals surface area contributed by atoms with Crippen LogP contribution in [0.15, 0.2) is 70.4 Å². The summed E-state index contributed by atoms with van der Waals surface area (Å²) in [6.45, 7) is 3.74. The van der Waals surface area contributed by atoms with Gasteiger partial charge in [-0.1, -0.05) is 37.3 Å². The van der Waals surface area contributed by atoms with Gasteiger partial charge in [-0.2, -0.15) is 8.96 Å². The summed E-state index contributed by atoms with van der Waals surface area (Å²) >= 11 is 0. The number of nitrogens with zero attached hydrogens (tertiary/aromatic N) is 2. The molecule has 0 aliphatic carbocycles. The van der Waals surface area contributed by atoms with Gasteiger partial charge in [0.15, 0.2) is 0 Å². The molecule has 0 amide bonds. The number of hydrogen-bond acceptors (Lipinski definition) is 8. The number of hydrogen-bond donors (Lipinski definition) is 0. The monoisotopic (exact) mass is 540 g/mol. The molecular weight excluding hydrogens is 511 g/mol. The van der Waals surface area contributed by atoms with Gasteiger partial charge in [-0.05, 0) is 36.2 Å². The molecule has 0 N–H and O–H groups in total. The van der Waals surface area contributed by atoms with Gasteiger partial charge < -0.3 is 18.9 Å².